The standard InChI is InChI=1S/C24H25N3O4/c1-2-3-4-5-6-9-12-27-23(30)17-18(24(27)31)20(26)16-15(19(17)25)21(28)13-10-7-8-11-14(13)22(16)29/h7-8,10-11H,2-6,9,12,25-26H2,1H3. The van der Waals surface area contributed by atoms with Gasteiger partial charge >= 0.3 is 0 Å². The molecule has 4 N–H and O–H groups in total. The lowest BCUT2D eigenvalue weighted by Crippen LogP contribution is -2.25. The van der Waals surface area contributed by atoms with Crippen molar-refractivity contribution in [3.05, 3.63) is 65.4 Å². The molecule has 4 aromatic rings. The Kier molecular flexibility index (Phi) is 5.35. The highest BCUT2D eigenvalue weighted by atomic mass is 16.2. The lowest BCUT2D eigenvalue weighted by atomic mass is 9.97. The maximum atomic E-state index is 13.1. The summed E-state index contributed by atoms with van der Waals surface area (Å²) in [5.41, 5.74) is 10.1. The molecule has 4 rings (SSSR count). The summed E-state index contributed by atoms with van der Waals surface area (Å²) in [4.78, 5) is 52.3. The van der Waals surface area contributed by atoms with E-state index in [2.05, 4.69) is 6.92 Å². The minimum Gasteiger partial charge on any atom is -0.397 e. The Morgan fingerprint density at radius 1 is 0.677 bits per heavy atom. The smallest absolute Gasteiger partial charge is 0.263 e. The first-order valence-electron chi connectivity index (χ1n) is 10.7. The number of aromatic nitrogens is 1. The minimum atomic E-state index is -0.556. The van der Waals surface area contributed by atoms with Gasteiger partial charge in [-0.3, -0.25) is 23.7 Å². The fraction of sp³-hybridized carbons (Fsp3) is 0.333. The number of fused-ring (bicyclic) bond motifs is 3. The normalized spacial score (nSPS) is 11.8. The number of unbranched alkanes of at least 4 members (excludes halogenated alkanes) is 5. The monoisotopic (exact) mass is 419 g/mol. The number of nitrogens with zero attached hydrogens (tertiary/aromatic N) is 1. The van der Waals surface area contributed by atoms with Crippen LogP contribution in [0.1, 0.15) is 45.4 Å². The summed E-state index contributed by atoms with van der Waals surface area (Å²) < 4.78 is 1.13. The molecule has 7 heteroatoms. The Hall–Kier alpha value is -3.48. The SMILES string of the molecule is CCCCCCCCn1c(=O)c2c(N)c3c(=O)c4ccccc4c(=O)c3c(N)c2c1=O. The van der Waals surface area contributed by atoms with Gasteiger partial charge in [0, 0.05) is 17.3 Å². The van der Waals surface area contributed by atoms with Crippen molar-refractivity contribution in [3.8, 4) is 0 Å². The summed E-state index contributed by atoms with van der Waals surface area (Å²) in [5.74, 6) is 0. The van der Waals surface area contributed by atoms with Gasteiger partial charge in [-0.2, -0.15) is 0 Å². The fourth-order valence-electron chi connectivity index (χ4n) is 4.47. The summed E-state index contributed by atoms with van der Waals surface area (Å²) >= 11 is 0. The van der Waals surface area contributed by atoms with Crippen molar-refractivity contribution in [2.24, 2.45) is 0 Å². The molecular weight excluding hydrogens is 394 g/mol. The van der Waals surface area contributed by atoms with Crippen molar-refractivity contribution in [3.63, 3.8) is 0 Å². The first-order chi connectivity index (χ1) is 14.9. The molecule has 160 valence electrons. The van der Waals surface area contributed by atoms with Crippen molar-refractivity contribution in [1.29, 1.82) is 0 Å². The molecule has 0 radical (unpaired) electrons. The Morgan fingerprint density at radius 2 is 1.13 bits per heavy atom. The highest BCUT2D eigenvalue weighted by Crippen LogP contribution is 2.31. The summed E-state index contributed by atoms with van der Waals surface area (Å²) in [7, 11) is 0. The summed E-state index contributed by atoms with van der Waals surface area (Å²) in [5, 5.41) is 0.143. The molecule has 0 amide bonds. The van der Waals surface area contributed by atoms with Crippen LogP contribution in [0.15, 0.2) is 43.4 Å². The van der Waals surface area contributed by atoms with Crippen LogP contribution in [0.25, 0.3) is 32.3 Å². The Balaban J connectivity index is 1.95. The molecule has 3 aromatic carbocycles. The van der Waals surface area contributed by atoms with Gasteiger partial charge in [-0.15, -0.1) is 0 Å². The van der Waals surface area contributed by atoms with Crippen LogP contribution in [0.3, 0.4) is 0 Å². The largest absolute Gasteiger partial charge is 0.397 e. The molecule has 0 fully saturated rings. The van der Waals surface area contributed by atoms with Crippen molar-refractivity contribution >= 4 is 43.7 Å². The van der Waals surface area contributed by atoms with Crippen LogP contribution >= 0.6 is 0 Å². The van der Waals surface area contributed by atoms with Gasteiger partial charge in [-0.1, -0.05) is 63.3 Å². The van der Waals surface area contributed by atoms with Gasteiger partial charge in [0.1, 0.15) is 0 Å². The van der Waals surface area contributed by atoms with E-state index in [1.807, 2.05) is 0 Å². The van der Waals surface area contributed by atoms with Crippen LogP contribution in [0.4, 0.5) is 11.4 Å². The van der Waals surface area contributed by atoms with Crippen LogP contribution < -0.4 is 33.4 Å². The summed E-state index contributed by atoms with van der Waals surface area (Å²) in [6.45, 7) is 2.39. The molecule has 1 aromatic heterocycles. The zero-order chi connectivity index (χ0) is 22.3. The zero-order valence-corrected chi connectivity index (χ0v) is 17.5. The molecule has 0 saturated carbocycles. The zero-order valence-electron chi connectivity index (χ0n) is 17.5. The lowest BCUT2D eigenvalue weighted by Gasteiger charge is -2.07. The van der Waals surface area contributed by atoms with Crippen LogP contribution in [-0.2, 0) is 6.54 Å². The van der Waals surface area contributed by atoms with E-state index in [1.54, 1.807) is 24.3 Å². The molecule has 0 spiro atoms. The molecule has 0 aliphatic rings. The average Bonchev–Trinajstić information content (AvgIpc) is 3.02. The highest BCUT2D eigenvalue weighted by molar-refractivity contribution is 6.20. The van der Waals surface area contributed by atoms with E-state index in [0.29, 0.717) is 6.42 Å². The Morgan fingerprint density at radius 3 is 1.61 bits per heavy atom. The lowest BCUT2D eigenvalue weighted by molar-refractivity contribution is 0.547. The van der Waals surface area contributed by atoms with Crippen molar-refractivity contribution in [1.82, 2.24) is 4.57 Å². The van der Waals surface area contributed by atoms with E-state index in [0.717, 1.165) is 36.7 Å². The quantitative estimate of drug-likeness (QED) is 0.205. The number of nitrogens with two attached hydrogens (primary N) is 2. The average molecular weight is 419 g/mol. The second-order valence-electron chi connectivity index (χ2n) is 8.06. The predicted molar refractivity (Wildman–Crippen MR) is 127 cm³/mol. The van der Waals surface area contributed by atoms with E-state index in [9.17, 15) is 19.2 Å². The van der Waals surface area contributed by atoms with E-state index >= 15 is 0 Å². The second kappa shape index (κ2) is 7.98. The molecule has 1 heterocycles. The van der Waals surface area contributed by atoms with Crippen molar-refractivity contribution < 1.29 is 0 Å². The van der Waals surface area contributed by atoms with Crippen LogP contribution in [0.5, 0.6) is 0 Å². The minimum absolute atomic E-state index is 0.0623. The first kappa shape index (κ1) is 20.8. The number of hydrogen-bond donors (Lipinski definition) is 2. The van der Waals surface area contributed by atoms with Gasteiger partial charge < -0.3 is 11.5 Å². The van der Waals surface area contributed by atoms with Gasteiger partial charge in [0.25, 0.3) is 11.1 Å². The maximum absolute atomic E-state index is 13.1. The fourth-order valence-corrected chi connectivity index (χ4v) is 4.47. The van der Waals surface area contributed by atoms with Crippen molar-refractivity contribution in [2.75, 3.05) is 11.5 Å². The number of benzene rings is 3. The molecule has 31 heavy (non-hydrogen) atoms. The third-order valence-electron chi connectivity index (χ3n) is 6.10. The van der Waals surface area contributed by atoms with Crippen molar-refractivity contribution in [2.45, 2.75) is 52.0 Å². The third kappa shape index (κ3) is 3.12. The number of nitrogen functional groups attached to an aromatic ring is 2. The van der Waals surface area contributed by atoms with Gasteiger partial charge in [0.05, 0.1) is 32.9 Å². The molecule has 0 saturated heterocycles. The van der Waals surface area contributed by atoms with E-state index in [-0.39, 0.29) is 50.2 Å². The van der Waals surface area contributed by atoms with Crippen LogP contribution in [0, 0.1) is 0 Å². The number of anilines is 2. The van der Waals surface area contributed by atoms with Gasteiger partial charge in [-0.05, 0) is 6.42 Å². The third-order valence-corrected chi connectivity index (χ3v) is 6.10. The maximum Gasteiger partial charge on any atom is 0.263 e. The predicted octanol–water partition coefficient (Wildman–Crippen LogP) is 2.79. The topological polar surface area (TPSA) is 125 Å². The highest BCUT2D eigenvalue weighted by Gasteiger charge is 2.25. The summed E-state index contributed by atoms with van der Waals surface area (Å²) in [6.07, 6.45) is 6.05. The molecule has 7 nitrogen and oxygen atoms in total. The Bertz CT molecular complexity index is 1420. The van der Waals surface area contributed by atoms with E-state index in [4.69, 9.17) is 11.5 Å². The molecule has 0 unspecified atom stereocenters. The number of rotatable bonds is 7. The molecule has 0 aliphatic heterocycles. The molecule has 0 atom stereocenters. The first-order valence-corrected chi connectivity index (χ1v) is 10.7. The van der Waals surface area contributed by atoms with Crippen LogP contribution in [0.2, 0.25) is 0 Å². The van der Waals surface area contributed by atoms with Gasteiger partial charge in [0.15, 0.2) is 10.9 Å². The van der Waals surface area contributed by atoms with Gasteiger partial charge in [-0.25, -0.2) is 0 Å². The molecule has 0 aliphatic carbocycles. The second-order valence-corrected chi connectivity index (χ2v) is 8.06. The molecular formula is C24H25N3O4. The Labute approximate surface area is 177 Å². The summed E-state index contributed by atoms with van der Waals surface area (Å²) in [6, 6.07) is 6.38. The van der Waals surface area contributed by atoms with E-state index < -0.39 is 22.0 Å². The number of hydrogen-bond acceptors (Lipinski definition) is 6. The van der Waals surface area contributed by atoms with Gasteiger partial charge in [0.2, 0.25) is 0 Å². The van der Waals surface area contributed by atoms with Crippen LogP contribution in [-0.4, -0.2) is 4.57 Å². The molecule has 0 bridgehead atoms. The van der Waals surface area contributed by atoms with E-state index in [1.165, 1.54) is 0 Å².